The zero-order valence-corrected chi connectivity index (χ0v) is 21.6. The van der Waals surface area contributed by atoms with Crippen LogP contribution in [0.4, 0.5) is 10.1 Å². The highest BCUT2D eigenvalue weighted by atomic mass is 35.5. The monoisotopic (exact) mass is 518 g/mol. The number of piperidine rings is 1. The summed E-state index contributed by atoms with van der Waals surface area (Å²) >= 11 is 6.44. The number of aryl methyl sites for hydroxylation is 1. The lowest BCUT2D eigenvalue weighted by atomic mass is 9.85. The topological polar surface area (TPSA) is 59.5 Å². The van der Waals surface area contributed by atoms with E-state index in [9.17, 15) is 9.59 Å². The van der Waals surface area contributed by atoms with E-state index in [2.05, 4.69) is 4.98 Å². The van der Waals surface area contributed by atoms with Gasteiger partial charge in [-0.2, -0.15) is 0 Å². The third kappa shape index (κ3) is 6.15. The van der Waals surface area contributed by atoms with Crippen LogP contribution in [0, 0.1) is 5.82 Å². The molecule has 0 saturated carbocycles. The number of halogens is 2. The summed E-state index contributed by atoms with van der Waals surface area (Å²) in [5.74, 6) is -0.580. The van der Waals surface area contributed by atoms with Gasteiger partial charge in [-0.3, -0.25) is 14.6 Å². The molecule has 1 saturated heterocycles. The number of amides is 1. The molecule has 0 spiro atoms. The van der Waals surface area contributed by atoms with Crippen molar-refractivity contribution < 1.29 is 18.7 Å². The van der Waals surface area contributed by atoms with E-state index in [4.69, 9.17) is 16.3 Å². The molecule has 1 aliphatic heterocycles. The Labute approximate surface area is 221 Å². The zero-order valence-electron chi connectivity index (χ0n) is 20.8. The van der Waals surface area contributed by atoms with E-state index in [1.54, 1.807) is 47.6 Å². The number of anilines is 1. The minimum Gasteiger partial charge on any atom is -0.497 e. The van der Waals surface area contributed by atoms with Crippen LogP contribution in [-0.2, 0) is 16.0 Å². The van der Waals surface area contributed by atoms with Crippen LogP contribution in [0.5, 0.6) is 5.75 Å². The van der Waals surface area contributed by atoms with Crippen LogP contribution in [0.25, 0.3) is 5.57 Å². The molecule has 0 unspecified atom stereocenters. The minimum atomic E-state index is -0.490. The molecule has 1 aliphatic rings. The summed E-state index contributed by atoms with van der Waals surface area (Å²) in [6.45, 7) is 1.81. The van der Waals surface area contributed by atoms with Gasteiger partial charge in [-0.25, -0.2) is 4.39 Å². The molecule has 2 heterocycles. The molecular weight excluding hydrogens is 491 g/mol. The summed E-state index contributed by atoms with van der Waals surface area (Å²) in [5, 5.41) is 0.448. The highest BCUT2D eigenvalue weighted by Crippen LogP contribution is 2.39. The maximum Gasteiger partial charge on any atom is 0.258 e. The first kappa shape index (κ1) is 26.3. The van der Waals surface area contributed by atoms with Gasteiger partial charge in [-0.1, -0.05) is 23.7 Å². The molecule has 7 heteroatoms. The molecule has 0 radical (unpaired) electrons. The van der Waals surface area contributed by atoms with Crippen LogP contribution in [0.1, 0.15) is 37.3 Å². The fraction of sp³-hybridized carbons (Fsp3) is 0.233. The van der Waals surface area contributed by atoms with Crippen molar-refractivity contribution in [2.45, 2.75) is 32.6 Å². The minimum absolute atomic E-state index is 0.169. The Morgan fingerprint density at radius 3 is 2.59 bits per heavy atom. The highest BCUT2D eigenvalue weighted by Gasteiger charge is 2.32. The Bertz CT molecular complexity index is 1370. The number of nitrogens with zero attached hydrogens (tertiary/aromatic N) is 2. The van der Waals surface area contributed by atoms with Crippen LogP contribution in [0.2, 0.25) is 5.02 Å². The lowest BCUT2D eigenvalue weighted by molar-refractivity contribution is -0.115. The Morgan fingerprint density at radius 1 is 1.16 bits per heavy atom. The number of pyridine rings is 1. The number of aromatic nitrogens is 1. The number of hydrogen-bond donors (Lipinski definition) is 0. The van der Waals surface area contributed by atoms with Crippen molar-refractivity contribution >= 4 is 34.6 Å². The first-order valence-corrected chi connectivity index (χ1v) is 12.5. The third-order valence-corrected chi connectivity index (χ3v) is 6.67. The molecule has 190 valence electrons. The number of carbonyl (C=O) groups excluding carboxylic acids is 2. The van der Waals surface area contributed by atoms with Crippen LogP contribution >= 0.6 is 11.6 Å². The van der Waals surface area contributed by atoms with Crippen molar-refractivity contribution in [3.05, 3.63) is 106 Å². The molecular formula is C30H28ClFN2O3. The van der Waals surface area contributed by atoms with Crippen molar-refractivity contribution in [1.29, 1.82) is 0 Å². The molecule has 4 rings (SSSR count). The maximum absolute atomic E-state index is 15.4. The normalized spacial score (nSPS) is 16.2. The zero-order chi connectivity index (χ0) is 26.4. The molecule has 1 aromatic heterocycles. The molecule has 0 aliphatic carbocycles. The molecule has 1 fully saturated rings. The van der Waals surface area contributed by atoms with Gasteiger partial charge in [0.2, 0.25) is 0 Å². The Kier molecular flexibility index (Phi) is 8.51. The predicted molar refractivity (Wildman–Crippen MR) is 144 cm³/mol. The highest BCUT2D eigenvalue weighted by molar-refractivity contribution is 6.34. The number of rotatable bonds is 8. The quantitative estimate of drug-likeness (QED) is 0.315. The molecule has 0 N–H and O–H groups in total. The summed E-state index contributed by atoms with van der Waals surface area (Å²) in [7, 11) is 1.47. The van der Waals surface area contributed by atoms with E-state index in [1.165, 1.54) is 26.2 Å². The van der Waals surface area contributed by atoms with E-state index >= 15 is 4.39 Å². The van der Waals surface area contributed by atoms with E-state index in [0.717, 1.165) is 12.0 Å². The number of allylic oxidation sites excluding steroid dienone is 2. The summed E-state index contributed by atoms with van der Waals surface area (Å²) in [4.78, 5) is 31.9. The van der Waals surface area contributed by atoms with E-state index in [0.29, 0.717) is 64.5 Å². The lowest BCUT2D eigenvalue weighted by Crippen LogP contribution is -2.39. The first-order chi connectivity index (χ1) is 17.9. The maximum atomic E-state index is 15.4. The van der Waals surface area contributed by atoms with Gasteiger partial charge >= 0.3 is 0 Å². The Balaban J connectivity index is 1.85. The molecule has 1 amide bonds. The summed E-state index contributed by atoms with van der Waals surface area (Å²) < 4.78 is 20.6. The van der Waals surface area contributed by atoms with Crippen molar-refractivity contribution in [3.63, 3.8) is 0 Å². The van der Waals surface area contributed by atoms with Gasteiger partial charge in [0.25, 0.3) is 5.91 Å². The number of benzene rings is 2. The van der Waals surface area contributed by atoms with E-state index in [-0.39, 0.29) is 11.7 Å². The van der Waals surface area contributed by atoms with Crippen molar-refractivity contribution in [2.75, 3.05) is 18.6 Å². The second-order valence-electron chi connectivity index (χ2n) is 8.85. The molecule has 2 aromatic carbocycles. The van der Waals surface area contributed by atoms with Gasteiger partial charge in [-0.05, 0) is 91.8 Å². The van der Waals surface area contributed by atoms with Crippen LogP contribution in [0.3, 0.4) is 0 Å². The number of ether oxygens (including phenoxy) is 1. The van der Waals surface area contributed by atoms with Crippen LogP contribution < -0.4 is 9.64 Å². The Hall–Kier alpha value is -3.77. The largest absolute Gasteiger partial charge is 0.497 e. The average Bonchev–Trinajstić information content (AvgIpc) is 2.89. The van der Waals surface area contributed by atoms with Crippen LogP contribution in [-0.4, -0.2) is 30.3 Å². The van der Waals surface area contributed by atoms with Crippen LogP contribution in [0.15, 0.2) is 84.2 Å². The summed E-state index contributed by atoms with van der Waals surface area (Å²) in [5.41, 5.74) is 3.51. The number of methoxy groups -OCH3 is 1. The lowest BCUT2D eigenvalue weighted by Gasteiger charge is -2.32. The summed E-state index contributed by atoms with van der Waals surface area (Å²) in [6.07, 6.45) is 7.22. The number of para-hydroxylation sites is 1. The summed E-state index contributed by atoms with van der Waals surface area (Å²) in [6, 6.07) is 15.6. The first-order valence-electron chi connectivity index (χ1n) is 12.1. The van der Waals surface area contributed by atoms with Gasteiger partial charge in [0.1, 0.15) is 11.6 Å². The van der Waals surface area contributed by atoms with Gasteiger partial charge < -0.3 is 9.64 Å². The standard InChI is InChI=1S/C30H28ClFN2O3/c1-20(35)18-22-14-17-34(28-9-4-3-8-26(28)31)30(36)29(22)25(7-5-6-21-12-15-33-16-13-21)24-11-10-23(37-2)19-27(24)32/h3-4,8-13,15-16,18-19H,5-7,14,17H2,1-2H3/b22-18-,29-25-. The number of hydrogen-bond acceptors (Lipinski definition) is 4. The van der Waals surface area contributed by atoms with Gasteiger partial charge in [0, 0.05) is 36.1 Å². The fourth-order valence-corrected chi connectivity index (χ4v) is 4.86. The van der Waals surface area contributed by atoms with Crippen molar-refractivity contribution in [2.24, 2.45) is 0 Å². The van der Waals surface area contributed by atoms with Crippen molar-refractivity contribution in [3.8, 4) is 5.75 Å². The molecule has 0 bridgehead atoms. The molecule has 3 aromatic rings. The molecule has 37 heavy (non-hydrogen) atoms. The number of ketones is 1. The Morgan fingerprint density at radius 2 is 1.92 bits per heavy atom. The smallest absolute Gasteiger partial charge is 0.258 e. The fourth-order valence-electron chi connectivity index (χ4n) is 4.62. The van der Waals surface area contributed by atoms with Gasteiger partial charge in [-0.15, -0.1) is 0 Å². The molecule has 0 atom stereocenters. The van der Waals surface area contributed by atoms with Crippen molar-refractivity contribution in [1.82, 2.24) is 4.98 Å². The second kappa shape index (κ2) is 12.0. The third-order valence-electron chi connectivity index (χ3n) is 6.35. The molecule has 5 nitrogen and oxygen atoms in total. The predicted octanol–water partition coefficient (Wildman–Crippen LogP) is 6.61. The SMILES string of the molecule is COc1ccc(/C(CCCc2ccncc2)=C2\C(=O)N(c3ccccc3Cl)CC\C2=C\C(C)=O)c(F)c1. The van der Waals surface area contributed by atoms with E-state index < -0.39 is 5.82 Å². The number of carbonyl (C=O) groups is 2. The van der Waals surface area contributed by atoms with Gasteiger partial charge in [0.05, 0.1) is 17.8 Å². The second-order valence-corrected chi connectivity index (χ2v) is 9.25. The van der Waals surface area contributed by atoms with Gasteiger partial charge in [0.15, 0.2) is 5.78 Å². The average molecular weight is 519 g/mol. The van der Waals surface area contributed by atoms with E-state index in [1.807, 2.05) is 18.2 Å².